The van der Waals surface area contributed by atoms with Crippen molar-refractivity contribution in [1.82, 2.24) is 10.3 Å². The van der Waals surface area contributed by atoms with Crippen molar-refractivity contribution in [2.45, 2.75) is 25.8 Å². The third-order valence-corrected chi connectivity index (χ3v) is 4.18. The Balaban J connectivity index is 2.06. The summed E-state index contributed by atoms with van der Waals surface area (Å²) < 4.78 is 6.27. The first-order valence-corrected chi connectivity index (χ1v) is 7.98. The maximum absolute atomic E-state index is 5.10. The Kier molecular flexibility index (Phi) is 6.21. The van der Waals surface area contributed by atoms with Crippen LogP contribution in [0.3, 0.4) is 0 Å². The number of halogens is 1. The molecule has 1 aromatic carbocycles. The lowest BCUT2D eigenvalue weighted by molar-refractivity contribution is 0.397. The first-order valence-electron chi connectivity index (χ1n) is 7.18. The van der Waals surface area contributed by atoms with Crippen molar-refractivity contribution in [1.29, 1.82) is 0 Å². The Hall–Kier alpha value is -1.39. The normalized spacial score (nSPS) is 12.1. The first-order chi connectivity index (χ1) is 10.2. The summed E-state index contributed by atoms with van der Waals surface area (Å²) in [5.41, 5.74) is 2.54. The molecule has 21 heavy (non-hydrogen) atoms. The predicted octanol–water partition coefficient (Wildman–Crippen LogP) is 3.62. The van der Waals surface area contributed by atoms with Gasteiger partial charge in [-0.3, -0.25) is 0 Å². The van der Waals surface area contributed by atoms with Crippen LogP contribution in [0.1, 0.15) is 18.1 Å². The van der Waals surface area contributed by atoms with E-state index in [1.807, 2.05) is 18.3 Å². The summed E-state index contributed by atoms with van der Waals surface area (Å²) >= 11 is 3.62. The summed E-state index contributed by atoms with van der Waals surface area (Å²) in [4.78, 5) is 4.28. The standard InChI is InChI=1S/C17H21BrN2O/c1-3-19-15(11-14-6-4-5-7-16(14)18)10-13-8-9-17(21-2)20-12-13/h4-9,12,15,19H,3,10-11H2,1-2H3. The van der Waals surface area contributed by atoms with Crippen molar-refractivity contribution >= 4 is 15.9 Å². The molecule has 1 unspecified atom stereocenters. The highest BCUT2D eigenvalue weighted by Gasteiger charge is 2.11. The number of rotatable bonds is 7. The van der Waals surface area contributed by atoms with Gasteiger partial charge in [0.05, 0.1) is 7.11 Å². The zero-order valence-electron chi connectivity index (χ0n) is 12.5. The topological polar surface area (TPSA) is 34.1 Å². The summed E-state index contributed by atoms with van der Waals surface area (Å²) in [6, 6.07) is 12.8. The molecule has 1 N–H and O–H groups in total. The molecule has 0 amide bonds. The van der Waals surface area contributed by atoms with Gasteiger partial charge >= 0.3 is 0 Å². The van der Waals surface area contributed by atoms with Crippen molar-refractivity contribution in [2.24, 2.45) is 0 Å². The van der Waals surface area contributed by atoms with E-state index in [9.17, 15) is 0 Å². The van der Waals surface area contributed by atoms with E-state index in [0.29, 0.717) is 11.9 Å². The number of hydrogen-bond acceptors (Lipinski definition) is 3. The van der Waals surface area contributed by atoms with Crippen LogP contribution in [0.2, 0.25) is 0 Å². The van der Waals surface area contributed by atoms with Gasteiger partial charge in [0.15, 0.2) is 0 Å². The van der Waals surface area contributed by atoms with E-state index in [1.165, 1.54) is 15.6 Å². The molecule has 1 aromatic heterocycles. The first kappa shape index (κ1) is 16.0. The predicted molar refractivity (Wildman–Crippen MR) is 89.8 cm³/mol. The number of nitrogens with zero attached hydrogens (tertiary/aromatic N) is 1. The van der Waals surface area contributed by atoms with Crippen molar-refractivity contribution in [3.05, 3.63) is 58.2 Å². The fourth-order valence-electron chi connectivity index (χ4n) is 2.37. The maximum Gasteiger partial charge on any atom is 0.212 e. The molecule has 0 saturated carbocycles. The Morgan fingerprint density at radius 2 is 2.00 bits per heavy atom. The van der Waals surface area contributed by atoms with Gasteiger partial charge in [0, 0.05) is 22.8 Å². The molecule has 2 rings (SSSR count). The molecule has 112 valence electrons. The fraction of sp³-hybridized carbons (Fsp3) is 0.353. The van der Waals surface area contributed by atoms with E-state index in [4.69, 9.17) is 4.74 Å². The summed E-state index contributed by atoms with van der Waals surface area (Å²) in [5, 5.41) is 3.56. The average molecular weight is 349 g/mol. The number of pyridine rings is 1. The molecule has 0 aliphatic heterocycles. The van der Waals surface area contributed by atoms with Gasteiger partial charge in [-0.05, 0) is 36.6 Å². The lowest BCUT2D eigenvalue weighted by atomic mass is 10.00. The molecule has 0 spiro atoms. The molecule has 0 bridgehead atoms. The molecular weight excluding hydrogens is 328 g/mol. The zero-order valence-corrected chi connectivity index (χ0v) is 14.1. The number of ether oxygens (including phenoxy) is 1. The SMILES string of the molecule is CCNC(Cc1ccc(OC)nc1)Cc1ccccc1Br. The minimum Gasteiger partial charge on any atom is -0.481 e. The summed E-state index contributed by atoms with van der Waals surface area (Å²) in [5.74, 6) is 0.657. The van der Waals surface area contributed by atoms with Crippen molar-refractivity contribution in [3.8, 4) is 5.88 Å². The van der Waals surface area contributed by atoms with Gasteiger partial charge in [-0.15, -0.1) is 0 Å². The Morgan fingerprint density at radius 1 is 1.19 bits per heavy atom. The van der Waals surface area contributed by atoms with Crippen LogP contribution in [0.4, 0.5) is 0 Å². The summed E-state index contributed by atoms with van der Waals surface area (Å²) in [6.07, 6.45) is 3.83. The number of likely N-dealkylation sites (N-methyl/N-ethyl adjacent to an activating group) is 1. The third kappa shape index (κ3) is 4.83. The van der Waals surface area contributed by atoms with Crippen molar-refractivity contribution < 1.29 is 4.74 Å². The Bertz CT molecular complexity index is 557. The van der Waals surface area contributed by atoms with E-state index in [1.54, 1.807) is 7.11 Å². The third-order valence-electron chi connectivity index (χ3n) is 3.41. The molecule has 0 aliphatic carbocycles. The lowest BCUT2D eigenvalue weighted by Crippen LogP contribution is -2.33. The second-order valence-corrected chi connectivity index (χ2v) is 5.82. The van der Waals surface area contributed by atoms with Gasteiger partial charge in [-0.1, -0.05) is 47.1 Å². The molecule has 0 radical (unpaired) electrons. The van der Waals surface area contributed by atoms with Gasteiger partial charge in [-0.2, -0.15) is 0 Å². The second kappa shape index (κ2) is 8.15. The monoisotopic (exact) mass is 348 g/mol. The molecule has 3 nitrogen and oxygen atoms in total. The second-order valence-electron chi connectivity index (χ2n) is 4.96. The van der Waals surface area contributed by atoms with Crippen LogP contribution in [0.15, 0.2) is 47.1 Å². The molecule has 1 heterocycles. The highest BCUT2D eigenvalue weighted by atomic mass is 79.9. The largest absolute Gasteiger partial charge is 0.481 e. The minimum absolute atomic E-state index is 0.392. The Labute approximate surface area is 134 Å². The maximum atomic E-state index is 5.10. The molecule has 2 aromatic rings. The average Bonchev–Trinajstić information content (AvgIpc) is 2.50. The molecule has 4 heteroatoms. The Morgan fingerprint density at radius 3 is 2.62 bits per heavy atom. The number of methoxy groups -OCH3 is 1. The molecule has 0 aliphatic rings. The van der Waals surface area contributed by atoms with Crippen molar-refractivity contribution in [3.63, 3.8) is 0 Å². The van der Waals surface area contributed by atoms with Gasteiger partial charge in [0.25, 0.3) is 0 Å². The van der Waals surface area contributed by atoms with Crippen LogP contribution < -0.4 is 10.1 Å². The van der Waals surface area contributed by atoms with Crippen molar-refractivity contribution in [2.75, 3.05) is 13.7 Å². The zero-order chi connectivity index (χ0) is 15.1. The smallest absolute Gasteiger partial charge is 0.212 e. The van der Waals surface area contributed by atoms with E-state index in [0.717, 1.165) is 19.4 Å². The van der Waals surface area contributed by atoms with Crippen LogP contribution in [0, 0.1) is 0 Å². The van der Waals surface area contributed by atoms with Crippen LogP contribution in [0.5, 0.6) is 5.88 Å². The number of aromatic nitrogens is 1. The minimum atomic E-state index is 0.392. The van der Waals surface area contributed by atoms with Gasteiger partial charge in [0.1, 0.15) is 0 Å². The fourth-order valence-corrected chi connectivity index (χ4v) is 2.82. The molecular formula is C17H21BrN2O. The quantitative estimate of drug-likeness (QED) is 0.829. The van der Waals surface area contributed by atoms with E-state index in [-0.39, 0.29) is 0 Å². The summed E-state index contributed by atoms with van der Waals surface area (Å²) in [6.45, 7) is 3.10. The van der Waals surface area contributed by atoms with Gasteiger partial charge < -0.3 is 10.1 Å². The number of hydrogen-bond donors (Lipinski definition) is 1. The molecule has 1 atom stereocenters. The molecule has 0 fully saturated rings. The molecule has 0 saturated heterocycles. The van der Waals surface area contributed by atoms with Gasteiger partial charge in [-0.25, -0.2) is 4.98 Å². The van der Waals surface area contributed by atoms with Crippen LogP contribution in [-0.4, -0.2) is 24.7 Å². The van der Waals surface area contributed by atoms with Gasteiger partial charge in [0.2, 0.25) is 5.88 Å². The van der Waals surface area contributed by atoms with Crippen LogP contribution in [0.25, 0.3) is 0 Å². The van der Waals surface area contributed by atoms with Crippen LogP contribution in [-0.2, 0) is 12.8 Å². The summed E-state index contributed by atoms with van der Waals surface area (Å²) in [7, 11) is 1.64. The van der Waals surface area contributed by atoms with E-state index in [2.05, 4.69) is 57.4 Å². The lowest BCUT2D eigenvalue weighted by Gasteiger charge is -2.19. The number of benzene rings is 1. The van der Waals surface area contributed by atoms with E-state index >= 15 is 0 Å². The number of nitrogens with one attached hydrogen (secondary N) is 1. The van der Waals surface area contributed by atoms with Crippen LogP contribution >= 0.6 is 15.9 Å². The highest BCUT2D eigenvalue weighted by molar-refractivity contribution is 9.10. The highest BCUT2D eigenvalue weighted by Crippen LogP contribution is 2.19. The van der Waals surface area contributed by atoms with E-state index < -0.39 is 0 Å².